The molecule has 2 aromatic carbocycles. The summed E-state index contributed by atoms with van der Waals surface area (Å²) in [6.45, 7) is 1.38. The van der Waals surface area contributed by atoms with Crippen LogP contribution in [0.25, 0.3) is 0 Å². The van der Waals surface area contributed by atoms with E-state index in [0.717, 1.165) is 18.5 Å². The van der Waals surface area contributed by atoms with Crippen LogP contribution < -0.4 is 15.4 Å². The van der Waals surface area contributed by atoms with E-state index < -0.39 is 11.7 Å². The average molecular weight is 346 g/mol. The molecule has 3 rings (SSSR count). The van der Waals surface area contributed by atoms with Crippen molar-refractivity contribution in [2.75, 3.05) is 20.2 Å². The van der Waals surface area contributed by atoms with Gasteiger partial charge in [-0.15, -0.1) is 0 Å². The van der Waals surface area contributed by atoms with E-state index in [1.807, 2.05) is 0 Å². The van der Waals surface area contributed by atoms with Crippen LogP contribution in [0.3, 0.4) is 0 Å². The van der Waals surface area contributed by atoms with Crippen LogP contribution in [0.15, 0.2) is 42.5 Å². The lowest BCUT2D eigenvalue weighted by atomic mass is 9.86. The SMILES string of the molecule is COc1cccc(C(=O)NC2CNCCC2c2ccc(F)cc2)c1F. The first-order chi connectivity index (χ1) is 12.1. The summed E-state index contributed by atoms with van der Waals surface area (Å²) in [5.41, 5.74) is 0.905. The smallest absolute Gasteiger partial charge is 0.254 e. The number of hydrogen-bond acceptors (Lipinski definition) is 3. The van der Waals surface area contributed by atoms with Gasteiger partial charge in [0, 0.05) is 18.5 Å². The van der Waals surface area contributed by atoms with Crippen LogP contribution in [0.2, 0.25) is 0 Å². The highest BCUT2D eigenvalue weighted by Crippen LogP contribution is 2.27. The molecule has 0 aliphatic carbocycles. The summed E-state index contributed by atoms with van der Waals surface area (Å²) < 4.78 is 32.4. The molecule has 1 saturated heterocycles. The fourth-order valence-corrected chi connectivity index (χ4v) is 3.21. The number of ether oxygens (including phenoxy) is 1. The molecule has 1 amide bonds. The molecule has 1 aliphatic rings. The Morgan fingerprint density at radius 2 is 1.96 bits per heavy atom. The number of amides is 1. The van der Waals surface area contributed by atoms with Crippen LogP contribution in [-0.2, 0) is 0 Å². The molecule has 0 bridgehead atoms. The Kier molecular flexibility index (Phi) is 5.28. The number of halogens is 2. The number of rotatable bonds is 4. The van der Waals surface area contributed by atoms with Crippen LogP contribution >= 0.6 is 0 Å². The summed E-state index contributed by atoms with van der Waals surface area (Å²) in [6.07, 6.45) is 0.803. The van der Waals surface area contributed by atoms with Crippen molar-refractivity contribution < 1.29 is 18.3 Å². The van der Waals surface area contributed by atoms with Crippen molar-refractivity contribution in [1.82, 2.24) is 10.6 Å². The van der Waals surface area contributed by atoms with Crippen molar-refractivity contribution >= 4 is 5.91 Å². The Bertz CT molecular complexity index is 750. The molecule has 0 spiro atoms. The molecule has 2 N–H and O–H groups in total. The van der Waals surface area contributed by atoms with Gasteiger partial charge >= 0.3 is 0 Å². The third kappa shape index (κ3) is 3.79. The number of methoxy groups -OCH3 is 1. The zero-order valence-electron chi connectivity index (χ0n) is 13.9. The molecule has 2 aromatic rings. The third-order valence-electron chi connectivity index (χ3n) is 4.52. The fourth-order valence-electron chi connectivity index (χ4n) is 3.21. The highest BCUT2D eigenvalue weighted by atomic mass is 19.1. The maximum Gasteiger partial charge on any atom is 0.254 e. The van der Waals surface area contributed by atoms with Gasteiger partial charge in [-0.25, -0.2) is 8.78 Å². The predicted molar refractivity (Wildman–Crippen MR) is 90.8 cm³/mol. The molecule has 1 heterocycles. The van der Waals surface area contributed by atoms with Gasteiger partial charge in [0.05, 0.1) is 12.7 Å². The van der Waals surface area contributed by atoms with E-state index in [9.17, 15) is 13.6 Å². The molecule has 2 atom stereocenters. The van der Waals surface area contributed by atoms with Gasteiger partial charge in [-0.2, -0.15) is 0 Å². The maximum atomic E-state index is 14.3. The summed E-state index contributed by atoms with van der Waals surface area (Å²) >= 11 is 0. The summed E-state index contributed by atoms with van der Waals surface area (Å²) in [5.74, 6) is -1.39. The summed E-state index contributed by atoms with van der Waals surface area (Å²) in [5, 5.41) is 6.13. The number of hydrogen-bond donors (Lipinski definition) is 2. The van der Waals surface area contributed by atoms with Gasteiger partial charge in [0.15, 0.2) is 11.6 Å². The lowest BCUT2D eigenvalue weighted by Gasteiger charge is -2.33. The average Bonchev–Trinajstić information content (AvgIpc) is 2.63. The Labute approximate surface area is 145 Å². The lowest BCUT2D eigenvalue weighted by Crippen LogP contribution is -2.50. The van der Waals surface area contributed by atoms with Gasteiger partial charge in [0.25, 0.3) is 5.91 Å². The number of carbonyl (C=O) groups excluding carboxylic acids is 1. The molecule has 4 nitrogen and oxygen atoms in total. The molecular weight excluding hydrogens is 326 g/mol. The van der Waals surface area contributed by atoms with Crippen molar-refractivity contribution in [2.24, 2.45) is 0 Å². The number of piperidine rings is 1. The number of carbonyl (C=O) groups is 1. The quantitative estimate of drug-likeness (QED) is 0.895. The molecule has 0 saturated carbocycles. The van der Waals surface area contributed by atoms with E-state index in [2.05, 4.69) is 10.6 Å². The molecule has 1 fully saturated rings. The van der Waals surface area contributed by atoms with Crippen LogP contribution in [0, 0.1) is 11.6 Å². The van der Waals surface area contributed by atoms with E-state index in [0.29, 0.717) is 6.54 Å². The van der Waals surface area contributed by atoms with E-state index in [4.69, 9.17) is 4.74 Å². The first-order valence-corrected chi connectivity index (χ1v) is 8.19. The predicted octanol–water partition coefficient (Wildman–Crippen LogP) is 2.85. The number of benzene rings is 2. The second kappa shape index (κ2) is 7.61. The van der Waals surface area contributed by atoms with E-state index in [1.54, 1.807) is 18.2 Å². The second-order valence-electron chi connectivity index (χ2n) is 6.05. The second-order valence-corrected chi connectivity index (χ2v) is 6.05. The minimum Gasteiger partial charge on any atom is -0.494 e. The Balaban J connectivity index is 1.80. The van der Waals surface area contributed by atoms with Crippen molar-refractivity contribution in [3.63, 3.8) is 0 Å². The van der Waals surface area contributed by atoms with Crippen molar-refractivity contribution in [1.29, 1.82) is 0 Å². The molecule has 132 valence electrons. The van der Waals surface area contributed by atoms with Crippen molar-refractivity contribution in [3.05, 3.63) is 65.2 Å². The van der Waals surface area contributed by atoms with E-state index >= 15 is 0 Å². The zero-order chi connectivity index (χ0) is 17.8. The van der Waals surface area contributed by atoms with Crippen molar-refractivity contribution in [2.45, 2.75) is 18.4 Å². The monoisotopic (exact) mass is 346 g/mol. The van der Waals surface area contributed by atoms with Gasteiger partial charge in [-0.1, -0.05) is 18.2 Å². The van der Waals surface area contributed by atoms with Gasteiger partial charge in [0.1, 0.15) is 5.82 Å². The van der Waals surface area contributed by atoms with Crippen LogP contribution in [-0.4, -0.2) is 32.1 Å². The molecule has 25 heavy (non-hydrogen) atoms. The molecule has 0 aromatic heterocycles. The summed E-state index contributed by atoms with van der Waals surface area (Å²) in [6, 6.07) is 10.6. The van der Waals surface area contributed by atoms with Gasteiger partial charge in [0.2, 0.25) is 0 Å². The van der Waals surface area contributed by atoms with E-state index in [1.165, 1.54) is 31.4 Å². The molecule has 2 unspecified atom stereocenters. The lowest BCUT2D eigenvalue weighted by molar-refractivity contribution is 0.0919. The molecular formula is C19H20F2N2O2. The Morgan fingerprint density at radius 3 is 2.68 bits per heavy atom. The first-order valence-electron chi connectivity index (χ1n) is 8.19. The fraction of sp³-hybridized carbons (Fsp3) is 0.316. The van der Waals surface area contributed by atoms with Gasteiger partial charge < -0.3 is 15.4 Å². The highest BCUT2D eigenvalue weighted by molar-refractivity contribution is 5.95. The molecule has 0 radical (unpaired) electrons. The van der Waals surface area contributed by atoms with Gasteiger partial charge in [-0.3, -0.25) is 4.79 Å². The highest BCUT2D eigenvalue weighted by Gasteiger charge is 2.29. The van der Waals surface area contributed by atoms with Crippen LogP contribution in [0.5, 0.6) is 5.75 Å². The summed E-state index contributed by atoms with van der Waals surface area (Å²) in [7, 11) is 1.36. The minimum atomic E-state index is -0.676. The van der Waals surface area contributed by atoms with E-state index in [-0.39, 0.29) is 29.1 Å². The third-order valence-corrected chi connectivity index (χ3v) is 4.52. The first kappa shape index (κ1) is 17.4. The Morgan fingerprint density at radius 1 is 1.20 bits per heavy atom. The maximum absolute atomic E-state index is 14.3. The van der Waals surface area contributed by atoms with Crippen LogP contribution in [0.1, 0.15) is 28.3 Å². The topological polar surface area (TPSA) is 50.4 Å². The molecule has 6 heteroatoms. The van der Waals surface area contributed by atoms with Gasteiger partial charge in [-0.05, 0) is 42.8 Å². The number of nitrogens with one attached hydrogen (secondary N) is 2. The summed E-state index contributed by atoms with van der Waals surface area (Å²) in [4.78, 5) is 12.5. The standard InChI is InChI=1S/C19H20F2N2O2/c1-25-17-4-2-3-15(18(17)21)19(24)23-16-11-22-10-9-14(16)12-5-7-13(20)8-6-12/h2-8,14,16,22H,9-11H2,1H3,(H,23,24). The van der Waals surface area contributed by atoms with Crippen LogP contribution in [0.4, 0.5) is 8.78 Å². The minimum absolute atomic E-state index is 0.0319. The largest absolute Gasteiger partial charge is 0.494 e. The zero-order valence-corrected chi connectivity index (χ0v) is 13.9. The Hall–Kier alpha value is -2.47. The van der Waals surface area contributed by atoms with Crippen molar-refractivity contribution in [3.8, 4) is 5.75 Å². The molecule has 1 aliphatic heterocycles. The normalized spacial score (nSPS) is 20.1.